The molecule has 0 rings (SSSR count). The summed E-state index contributed by atoms with van der Waals surface area (Å²) in [6, 6.07) is 0. The van der Waals surface area contributed by atoms with Crippen LogP contribution in [0.2, 0.25) is 0 Å². The Kier molecular flexibility index (Phi) is 25.0. The molecular weight excluding hydrogens is 597 g/mol. The SMILES string of the molecule is CCCCC(CC)COC(=O)CC(C(=O)OCC(CC)CCCC)S(=O)(=O)O.NC(=O)CC(C(=O)O)S(=O)(=O)O.[H-].[Na+]. The van der Waals surface area contributed by atoms with Gasteiger partial charge < -0.3 is 21.7 Å². The normalized spacial score (nSPS) is 14.2. The van der Waals surface area contributed by atoms with Gasteiger partial charge in [0.1, 0.15) is 0 Å². The van der Waals surface area contributed by atoms with E-state index in [9.17, 15) is 40.6 Å². The minimum atomic E-state index is -4.76. The number of carboxylic acids is 1. The Morgan fingerprint density at radius 3 is 1.46 bits per heavy atom. The Hall–Kier alpha value is -1.30. The smallest absolute Gasteiger partial charge is 1.00 e. The zero-order valence-electron chi connectivity index (χ0n) is 25.6. The Bertz CT molecular complexity index is 1010. The minimum Gasteiger partial charge on any atom is -1.00 e. The van der Waals surface area contributed by atoms with E-state index in [4.69, 9.17) is 19.1 Å². The fourth-order valence-electron chi connectivity index (χ4n) is 3.32. The molecule has 0 spiro atoms. The first-order valence-electron chi connectivity index (χ1n) is 13.2. The van der Waals surface area contributed by atoms with Crippen molar-refractivity contribution in [2.24, 2.45) is 17.6 Å². The van der Waals surface area contributed by atoms with Crippen molar-refractivity contribution in [1.29, 1.82) is 0 Å². The van der Waals surface area contributed by atoms with Gasteiger partial charge in [0.2, 0.25) is 5.91 Å². The summed E-state index contributed by atoms with van der Waals surface area (Å²) in [4.78, 5) is 44.5. The Balaban J connectivity index is -0.000000436. The molecule has 0 bridgehead atoms. The fraction of sp³-hybridized carbons (Fsp3) is 0.833. The second kappa shape index (κ2) is 23.2. The molecule has 0 aliphatic rings. The summed E-state index contributed by atoms with van der Waals surface area (Å²) in [5.41, 5.74) is 4.55. The van der Waals surface area contributed by atoms with E-state index >= 15 is 0 Å². The summed E-state index contributed by atoms with van der Waals surface area (Å²) in [7, 11) is -9.52. The van der Waals surface area contributed by atoms with Crippen LogP contribution < -0.4 is 35.3 Å². The van der Waals surface area contributed by atoms with Gasteiger partial charge in [-0.15, -0.1) is 0 Å². The second-order valence-corrected chi connectivity index (χ2v) is 12.6. The number of carbonyl (C=O) groups is 4. The number of esters is 2. The summed E-state index contributed by atoms with van der Waals surface area (Å²) < 4.78 is 71.6. The number of hydrogen-bond acceptors (Lipinski definition) is 10. The number of ether oxygens (including phenoxy) is 2. The maximum absolute atomic E-state index is 12.2. The van der Waals surface area contributed by atoms with E-state index in [2.05, 4.69) is 19.6 Å². The quantitative estimate of drug-likeness (QED) is 0.0742. The molecule has 238 valence electrons. The predicted molar refractivity (Wildman–Crippen MR) is 146 cm³/mol. The van der Waals surface area contributed by atoms with Gasteiger partial charge in [-0.1, -0.05) is 66.2 Å². The van der Waals surface area contributed by atoms with Crippen LogP contribution in [0.25, 0.3) is 0 Å². The van der Waals surface area contributed by atoms with Gasteiger partial charge in [-0.3, -0.25) is 28.3 Å². The number of carbonyl (C=O) groups excluding carboxylic acids is 3. The van der Waals surface area contributed by atoms with Crippen molar-refractivity contribution < 1.29 is 90.7 Å². The molecule has 0 fully saturated rings. The van der Waals surface area contributed by atoms with Crippen LogP contribution >= 0.6 is 0 Å². The number of aliphatic carboxylic acids is 1. The molecular formula is C24H46NNaO13S2. The molecule has 5 N–H and O–H groups in total. The number of amides is 1. The van der Waals surface area contributed by atoms with E-state index in [1.54, 1.807) is 0 Å². The van der Waals surface area contributed by atoms with E-state index in [-0.39, 0.29) is 56.0 Å². The third kappa shape index (κ3) is 22.0. The zero-order valence-corrected chi connectivity index (χ0v) is 28.2. The number of unbranched alkanes of at least 4 members (excludes halogenated alkanes) is 2. The van der Waals surface area contributed by atoms with Crippen molar-refractivity contribution in [3.05, 3.63) is 0 Å². The number of nitrogens with two attached hydrogens (primary N) is 1. The number of primary amides is 1. The minimum absolute atomic E-state index is 0. The number of carboxylic acid groups (broad SMARTS) is 1. The molecule has 0 aromatic heterocycles. The van der Waals surface area contributed by atoms with Crippen LogP contribution in [0.1, 0.15) is 93.3 Å². The van der Waals surface area contributed by atoms with Crippen LogP contribution in [0.15, 0.2) is 0 Å². The Morgan fingerprint density at radius 1 is 0.756 bits per heavy atom. The first-order valence-corrected chi connectivity index (χ1v) is 16.2. The van der Waals surface area contributed by atoms with E-state index in [1.807, 2.05) is 13.8 Å². The summed E-state index contributed by atoms with van der Waals surface area (Å²) >= 11 is 0. The zero-order chi connectivity index (χ0) is 31.5. The maximum Gasteiger partial charge on any atom is 1.00 e. The standard InChI is InChI=1S/C20H38O7S.C4H7NO6S.Na.H/c1-5-9-11-16(7-3)14-26-19(21)13-18(28(23,24)25)20(22)27-15-17(8-4)12-10-6-2;5-3(6)1-2(4(7)8)12(9,10)11;;/h16-18H,5-15H2,1-4H3,(H,23,24,25);2H,1H2,(H2,5,6)(H,7,8)(H,9,10,11);;/q;;+1;-1. The van der Waals surface area contributed by atoms with Crippen LogP contribution in [0.3, 0.4) is 0 Å². The van der Waals surface area contributed by atoms with Crippen molar-refractivity contribution >= 4 is 44.1 Å². The van der Waals surface area contributed by atoms with E-state index in [0.717, 1.165) is 51.4 Å². The Labute approximate surface area is 266 Å². The molecule has 0 aliphatic carbocycles. The van der Waals surface area contributed by atoms with Crippen LogP contribution in [-0.4, -0.2) is 78.6 Å². The molecule has 0 heterocycles. The molecule has 0 aliphatic heterocycles. The van der Waals surface area contributed by atoms with E-state index in [1.165, 1.54) is 0 Å². The Morgan fingerprint density at radius 2 is 1.17 bits per heavy atom. The average molecular weight is 644 g/mol. The van der Waals surface area contributed by atoms with Gasteiger partial charge in [0.15, 0.2) is 10.5 Å². The van der Waals surface area contributed by atoms with Gasteiger partial charge in [-0.2, -0.15) is 16.8 Å². The largest absolute Gasteiger partial charge is 1.00 e. The molecule has 4 unspecified atom stereocenters. The van der Waals surface area contributed by atoms with Crippen molar-refractivity contribution in [3.63, 3.8) is 0 Å². The molecule has 0 aromatic carbocycles. The van der Waals surface area contributed by atoms with Gasteiger partial charge in [-0.25, -0.2) is 0 Å². The summed E-state index contributed by atoms with van der Waals surface area (Å²) in [5.74, 6) is -4.53. The van der Waals surface area contributed by atoms with Crippen molar-refractivity contribution in [3.8, 4) is 0 Å². The molecule has 0 saturated carbocycles. The van der Waals surface area contributed by atoms with Crippen LogP contribution in [0, 0.1) is 11.8 Å². The molecule has 4 atom stereocenters. The first kappa shape index (κ1) is 44.1. The van der Waals surface area contributed by atoms with Gasteiger partial charge in [0.05, 0.1) is 26.1 Å². The van der Waals surface area contributed by atoms with Gasteiger partial charge in [0, 0.05) is 0 Å². The number of hydrogen-bond donors (Lipinski definition) is 4. The third-order valence-electron chi connectivity index (χ3n) is 6.02. The topological polar surface area (TPSA) is 242 Å². The van der Waals surface area contributed by atoms with Gasteiger partial charge in [-0.05, 0) is 24.7 Å². The van der Waals surface area contributed by atoms with E-state index in [0.29, 0.717) is 0 Å². The second-order valence-electron chi connectivity index (χ2n) is 9.37. The first-order chi connectivity index (χ1) is 18.4. The van der Waals surface area contributed by atoms with Crippen molar-refractivity contribution in [2.45, 2.75) is 102 Å². The molecule has 17 heteroatoms. The maximum atomic E-state index is 12.2. The van der Waals surface area contributed by atoms with Gasteiger partial charge in [0.25, 0.3) is 20.2 Å². The van der Waals surface area contributed by atoms with Crippen LogP contribution in [0.4, 0.5) is 0 Å². The average Bonchev–Trinajstić information content (AvgIpc) is 2.84. The third-order valence-corrected chi connectivity index (χ3v) is 8.19. The van der Waals surface area contributed by atoms with Crippen LogP contribution in [-0.2, 0) is 48.9 Å². The number of rotatable bonds is 20. The summed E-state index contributed by atoms with van der Waals surface area (Å²) in [6.45, 7) is 8.35. The van der Waals surface area contributed by atoms with Crippen molar-refractivity contribution in [2.75, 3.05) is 13.2 Å². The fourth-order valence-corrected chi connectivity index (χ4v) is 4.61. The van der Waals surface area contributed by atoms with Crippen LogP contribution in [0.5, 0.6) is 0 Å². The van der Waals surface area contributed by atoms with Crippen molar-refractivity contribution in [1.82, 2.24) is 0 Å². The molecule has 1 amide bonds. The summed E-state index contributed by atoms with van der Waals surface area (Å²) in [6.07, 6.45) is 5.80. The monoisotopic (exact) mass is 643 g/mol. The van der Waals surface area contributed by atoms with Gasteiger partial charge >= 0.3 is 47.5 Å². The molecule has 41 heavy (non-hydrogen) atoms. The molecule has 0 aromatic rings. The predicted octanol–water partition coefficient (Wildman–Crippen LogP) is -0.529. The molecule has 14 nitrogen and oxygen atoms in total. The molecule has 0 radical (unpaired) electrons. The van der Waals surface area contributed by atoms with E-state index < -0.39 is 67.4 Å². The summed E-state index contributed by atoms with van der Waals surface area (Å²) in [5, 5.41) is 4.09. The molecule has 0 saturated heterocycles.